The van der Waals surface area contributed by atoms with Gasteiger partial charge in [0.05, 0.1) is 11.3 Å². The maximum atomic E-state index is 10.8. The first kappa shape index (κ1) is 13.6. The van der Waals surface area contributed by atoms with Gasteiger partial charge in [0.15, 0.2) is 0 Å². The molecule has 0 amide bonds. The Kier molecular flexibility index (Phi) is 3.90. The molecule has 0 spiro atoms. The third kappa shape index (κ3) is 2.49. The Morgan fingerprint density at radius 3 is 2.68 bits per heavy atom. The van der Waals surface area contributed by atoms with Gasteiger partial charge >= 0.3 is 0 Å². The van der Waals surface area contributed by atoms with Crippen LogP contribution in [-0.2, 0) is 0 Å². The fourth-order valence-corrected chi connectivity index (χ4v) is 2.96. The van der Waals surface area contributed by atoms with Gasteiger partial charge in [-0.05, 0) is 42.9 Å². The van der Waals surface area contributed by atoms with Crippen molar-refractivity contribution in [3.8, 4) is 6.07 Å². The molecular weight excluding hydrogens is 236 g/mol. The van der Waals surface area contributed by atoms with E-state index in [0.29, 0.717) is 16.5 Å². The van der Waals surface area contributed by atoms with Crippen LogP contribution in [0, 0.1) is 16.7 Å². The van der Waals surface area contributed by atoms with Gasteiger partial charge in [-0.1, -0.05) is 13.8 Å². The molecule has 1 aromatic carbocycles. The van der Waals surface area contributed by atoms with E-state index < -0.39 is 0 Å². The topological polar surface area (TPSA) is 44.1 Å². The lowest BCUT2D eigenvalue weighted by atomic mass is 9.82. The van der Waals surface area contributed by atoms with Crippen LogP contribution in [-0.4, -0.2) is 19.4 Å². The van der Waals surface area contributed by atoms with Gasteiger partial charge in [-0.25, -0.2) is 0 Å². The summed E-state index contributed by atoms with van der Waals surface area (Å²) in [6, 6.07) is 7.59. The van der Waals surface area contributed by atoms with Gasteiger partial charge in [-0.15, -0.1) is 0 Å². The van der Waals surface area contributed by atoms with E-state index in [-0.39, 0.29) is 0 Å². The second kappa shape index (κ2) is 5.44. The smallest absolute Gasteiger partial charge is 0.150 e. The highest BCUT2D eigenvalue weighted by Crippen LogP contribution is 2.39. The van der Waals surface area contributed by atoms with Crippen molar-refractivity contribution < 1.29 is 4.79 Å². The van der Waals surface area contributed by atoms with Gasteiger partial charge in [-0.3, -0.25) is 4.79 Å². The number of nitrogens with zero attached hydrogens (tertiary/aromatic N) is 2. The molecule has 0 atom stereocenters. The average Bonchev–Trinajstić information content (AvgIpc) is 2.91. The van der Waals surface area contributed by atoms with Crippen LogP contribution in [0.15, 0.2) is 18.2 Å². The van der Waals surface area contributed by atoms with Crippen molar-refractivity contribution in [2.75, 3.05) is 18.0 Å². The fourth-order valence-electron chi connectivity index (χ4n) is 2.96. The standard InChI is InChI=1S/C16H20N2O/c1-3-16(4-2)7-8-18(12-16)15-6-5-13(11-19)9-14(15)10-17/h5-6,9,11H,3-4,7-8,12H2,1-2H3. The molecule has 0 aliphatic carbocycles. The van der Waals surface area contributed by atoms with Crippen molar-refractivity contribution in [2.45, 2.75) is 33.1 Å². The summed E-state index contributed by atoms with van der Waals surface area (Å²) in [6.07, 6.45) is 4.32. The third-order valence-corrected chi connectivity index (χ3v) is 4.56. The van der Waals surface area contributed by atoms with E-state index in [0.717, 1.165) is 25.1 Å². The normalized spacial score (nSPS) is 17.2. The first-order valence-corrected chi connectivity index (χ1v) is 6.92. The number of anilines is 1. The Morgan fingerprint density at radius 1 is 1.42 bits per heavy atom. The minimum Gasteiger partial charge on any atom is -0.370 e. The first-order valence-electron chi connectivity index (χ1n) is 6.92. The van der Waals surface area contributed by atoms with Crippen molar-refractivity contribution in [2.24, 2.45) is 5.41 Å². The molecule has 1 aromatic rings. The largest absolute Gasteiger partial charge is 0.370 e. The Hall–Kier alpha value is -1.82. The highest BCUT2D eigenvalue weighted by Gasteiger charge is 2.35. The predicted molar refractivity (Wildman–Crippen MR) is 76.4 cm³/mol. The van der Waals surface area contributed by atoms with Gasteiger partial charge in [-0.2, -0.15) is 5.26 Å². The summed E-state index contributed by atoms with van der Waals surface area (Å²) < 4.78 is 0. The first-order chi connectivity index (χ1) is 9.18. The van der Waals surface area contributed by atoms with Gasteiger partial charge in [0.2, 0.25) is 0 Å². The quantitative estimate of drug-likeness (QED) is 0.776. The van der Waals surface area contributed by atoms with Gasteiger partial charge < -0.3 is 4.90 Å². The predicted octanol–water partition coefficient (Wildman–Crippen LogP) is 3.39. The van der Waals surface area contributed by atoms with Crippen LogP contribution in [0.4, 0.5) is 5.69 Å². The number of hydrogen-bond donors (Lipinski definition) is 0. The van der Waals surface area contributed by atoms with Gasteiger partial charge in [0.25, 0.3) is 0 Å². The summed E-state index contributed by atoms with van der Waals surface area (Å²) in [4.78, 5) is 13.1. The van der Waals surface area contributed by atoms with Gasteiger partial charge in [0.1, 0.15) is 12.4 Å². The summed E-state index contributed by atoms with van der Waals surface area (Å²) in [6.45, 7) is 6.49. The summed E-state index contributed by atoms with van der Waals surface area (Å²) in [5.74, 6) is 0. The summed E-state index contributed by atoms with van der Waals surface area (Å²) in [5, 5.41) is 9.25. The van der Waals surface area contributed by atoms with Crippen LogP contribution in [0.3, 0.4) is 0 Å². The second-order valence-electron chi connectivity index (χ2n) is 5.38. The lowest BCUT2D eigenvalue weighted by Crippen LogP contribution is -2.26. The van der Waals surface area contributed by atoms with Crippen molar-refractivity contribution in [1.29, 1.82) is 5.26 Å². The molecule has 3 nitrogen and oxygen atoms in total. The Labute approximate surface area is 114 Å². The lowest BCUT2D eigenvalue weighted by molar-refractivity contribution is 0.112. The van der Waals surface area contributed by atoms with Crippen molar-refractivity contribution in [3.63, 3.8) is 0 Å². The molecule has 1 saturated heterocycles. The van der Waals surface area contributed by atoms with Crippen molar-refractivity contribution >= 4 is 12.0 Å². The van der Waals surface area contributed by atoms with Crippen LogP contribution in [0.1, 0.15) is 49.0 Å². The molecule has 1 fully saturated rings. The number of benzene rings is 1. The van der Waals surface area contributed by atoms with Crippen molar-refractivity contribution in [3.05, 3.63) is 29.3 Å². The number of aldehydes is 1. The zero-order valence-electron chi connectivity index (χ0n) is 11.6. The molecule has 2 rings (SSSR count). The lowest BCUT2D eigenvalue weighted by Gasteiger charge is -2.27. The number of carbonyl (C=O) groups excluding carboxylic acids is 1. The molecule has 0 aromatic heterocycles. The van der Waals surface area contributed by atoms with Crippen LogP contribution in [0.5, 0.6) is 0 Å². The molecule has 0 unspecified atom stereocenters. The van der Waals surface area contributed by atoms with Crippen LogP contribution in [0.2, 0.25) is 0 Å². The minimum absolute atomic E-state index is 0.385. The number of hydrogen-bond acceptors (Lipinski definition) is 3. The number of nitriles is 1. The minimum atomic E-state index is 0.385. The highest BCUT2D eigenvalue weighted by atomic mass is 16.1. The molecule has 100 valence electrons. The third-order valence-electron chi connectivity index (χ3n) is 4.56. The molecule has 0 saturated carbocycles. The average molecular weight is 256 g/mol. The number of carbonyl (C=O) groups is 1. The summed E-state index contributed by atoms with van der Waals surface area (Å²) in [5.41, 5.74) is 2.52. The van der Waals surface area contributed by atoms with Crippen LogP contribution in [0.25, 0.3) is 0 Å². The number of rotatable bonds is 4. The van der Waals surface area contributed by atoms with E-state index in [4.69, 9.17) is 0 Å². The maximum Gasteiger partial charge on any atom is 0.150 e. The zero-order chi connectivity index (χ0) is 13.9. The van der Waals surface area contributed by atoms with Crippen molar-refractivity contribution in [1.82, 2.24) is 0 Å². The van der Waals surface area contributed by atoms with Gasteiger partial charge in [0, 0.05) is 18.7 Å². The molecule has 3 heteroatoms. The molecule has 0 bridgehead atoms. The highest BCUT2D eigenvalue weighted by molar-refractivity contribution is 5.78. The second-order valence-corrected chi connectivity index (χ2v) is 5.38. The van der Waals surface area contributed by atoms with E-state index in [2.05, 4.69) is 24.8 Å². The molecule has 1 heterocycles. The Morgan fingerprint density at radius 2 is 2.16 bits per heavy atom. The van der Waals surface area contributed by atoms with E-state index in [9.17, 15) is 10.1 Å². The maximum absolute atomic E-state index is 10.8. The van der Waals surface area contributed by atoms with E-state index in [1.807, 2.05) is 6.07 Å². The van der Waals surface area contributed by atoms with E-state index in [1.165, 1.54) is 19.3 Å². The molecule has 19 heavy (non-hydrogen) atoms. The summed E-state index contributed by atoms with van der Waals surface area (Å²) in [7, 11) is 0. The Bertz CT molecular complexity index is 512. The van der Waals surface area contributed by atoms with E-state index in [1.54, 1.807) is 12.1 Å². The van der Waals surface area contributed by atoms with Crippen LogP contribution < -0.4 is 4.90 Å². The van der Waals surface area contributed by atoms with Crippen LogP contribution >= 0.6 is 0 Å². The zero-order valence-corrected chi connectivity index (χ0v) is 11.6. The van der Waals surface area contributed by atoms with E-state index >= 15 is 0 Å². The summed E-state index contributed by atoms with van der Waals surface area (Å²) >= 11 is 0. The molecule has 0 radical (unpaired) electrons. The fraction of sp³-hybridized carbons (Fsp3) is 0.500. The molecular formula is C16H20N2O. The molecule has 1 aliphatic heterocycles. The molecule has 0 N–H and O–H groups in total. The molecule has 1 aliphatic rings. The SMILES string of the molecule is CCC1(CC)CCN(c2ccc(C=O)cc2C#N)C1. The Balaban J connectivity index is 2.29. The monoisotopic (exact) mass is 256 g/mol.